The summed E-state index contributed by atoms with van der Waals surface area (Å²) in [6.45, 7) is 1.24. The summed E-state index contributed by atoms with van der Waals surface area (Å²) < 4.78 is 30.2. The first kappa shape index (κ1) is 22.6. The van der Waals surface area contributed by atoms with Gasteiger partial charge in [0, 0.05) is 23.6 Å². The Morgan fingerprint density at radius 1 is 0.818 bits per heavy atom. The molecular weight excluding hydrogens is 419 g/mol. The highest BCUT2D eigenvalue weighted by Gasteiger charge is 2.13. The van der Waals surface area contributed by atoms with Crippen molar-refractivity contribution in [3.05, 3.63) is 83.7 Å². The van der Waals surface area contributed by atoms with E-state index in [0.717, 1.165) is 33.5 Å². The van der Waals surface area contributed by atoms with E-state index in [-0.39, 0.29) is 5.82 Å². The van der Waals surface area contributed by atoms with Gasteiger partial charge in [0.1, 0.15) is 11.6 Å². The number of aromatic nitrogens is 1. The van der Waals surface area contributed by atoms with E-state index in [1.165, 1.54) is 6.07 Å². The molecular formula is C27H27FN2O3. The summed E-state index contributed by atoms with van der Waals surface area (Å²) in [5, 5.41) is 4.46. The Balaban J connectivity index is 1.65. The Hall–Kier alpha value is -3.64. The number of ether oxygens (including phenoxy) is 3. The van der Waals surface area contributed by atoms with Gasteiger partial charge in [-0.05, 0) is 66.6 Å². The molecule has 0 atom stereocenters. The highest BCUT2D eigenvalue weighted by Crippen LogP contribution is 2.34. The lowest BCUT2D eigenvalue weighted by atomic mass is 10.0. The zero-order valence-corrected chi connectivity index (χ0v) is 19.0. The van der Waals surface area contributed by atoms with Crippen molar-refractivity contribution >= 4 is 10.9 Å². The minimum absolute atomic E-state index is 0.174. The maximum absolute atomic E-state index is 13.9. The second kappa shape index (κ2) is 10.3. The van der Waals surface area contributed by atoms with Crippen LogP contribution in [0.25, 0.3) is 22.2 Å². The summed E-state index contributed by atoms with van der Waals surface area (Å²) in [4.78, 5) is 4.96. The molecule has 1 heterocycles. The van der Waals surface area contributed by atoms with Crippen LogP contribution in [0.15, 0.2) is 66.7 Å². The van der Waals surface area contributed by atoms with Crippen LogP contribution in [0.1, 0.15) is 11.1 Å². The van der Waals surface area contributed by atoms with Gasteiger partial charge in [0.2, 0.25) is 0 Å². The summed E-state index contributed by atoms with van der Waals surface area (Å²) >= 11 is 0. The fourth-order valence-corrected chi connectivity index (χ4v) is 3.83. The molecule has 0 saturated carbocycles. The molecule has 170 valence electrons. The lowest BCUT2D eigenvalue weighted by Crippen LogP contribution is -2.18. The highest BCUT2D eigenvalue weighted by atomic mass is 19.1. The van der Waals surface area contributed by atoms with Gasteiger partial charge in [-0.3, -0.25) is 0 Å². The van der Waals surface area contributed by atoms with Gasteiger partial charge in [-0.1, -0.05) is 18.2 Å². The molecule has 0 radical (unpaired) electrons. The Labute approximate surface area is 193 Å². The standard InChI is InChI=1S/C27H27FN2O3/c1-31-22-10-8-19-14-21(17-29-13-12-18-6-4-5-7-23(18)28)27(30-24(19)16-22)20-9-11-25(32-2)26(15-20)33-3/h4-11,14-16,29H,12-13,17H2,1-3H3. The first-order valence-corrected chi connectivity index (χ1v) is 10.8. The summed E-state index contributed by atoms with van der Waals surface area (Å²) in [7, 11) is 4.87. The van der Waals surface area contributed by atoms with Crippen LogP contribution in [-0.2, 0) is 13.0 Å². The van der Waals surface area contributed by atoms with Crippen LogP contribution < -0.4 is 19.5 Å². The molecule has 0 bridgehead atoms. The average molecular weight is 447 g/mol. The Bertz CT molecular complexity index is 1260. The molecule has 33 heavy (non-hydrogen) atoms. The molecule has 3 aromatic carbocycles. The van der Waals surface area contributed by atoms with E-state index < -0.39 is 0 Å². The molecule has 0 aliphatic carbocycles. The Kier molecular flexibility index (Phi) is 7.05. The van der Waals surface area contributed by atoms with E-state index in [1.54, 1.807) is 27.4 Å². The Morgan fingerprint density at radius 2 is 1.64 bits per heavy atom. The van der Waals surface area contributed by atoms with Gasteiger partial charge in [-0.25, -0.2) is 9.37 Å². The first-order valence-electron chi connectivity index (χ1n) is 10.8. The van der Waals surface area contributed by atoms with Crippen LogP contribution in [-0.4, -0.2) is 32.9 Å². The average Bonchev–Trinajstić information content (AvgIpc) is 2.86. The van der Waals surface area contributed by atoms with Crippen molar-refractivity contribution in [2.45, 2.75) is 13.0 Å². The fourth-order valence-electron chi connectivity index (χ4n) is 3.83. The van der Waals surface area contributed by atoms with Crippen molar-refractivity contribution in [2.24, 2.45) is 0 Å². The molecule has 0 amide bonds. The summed E-state index contributed by atoms with van der Waals surface area (Å²) in [6, 6.07) is 20.6. The molecule has 0 fully saturated rings. The number of methoxy groups -OCH3 is 3. The van der Waals surface area contributed by atoms with Crippen LogP contribution in [0.5, 0.6) is 17.2 Å². The molecule has 5 nitrogen and oxygen atoms in total. The number of rotatable bonds is 9. The predicted molar refractivity (Wildman–Crippen MR) is 129 cm³/mol. The fraction of sp³-hybridized carbons (Fsp3) is 0.222. The van der Waals surface area contributed by atoms with Gasteiger partial charge in [-0.2, -0.15) is 0 Å². The monoisotopic (exact) mass is 446 g/mol. The van der Waals surface area contributed by atoms with Crippen molar-refractivity contribution in [3.8, 4) is 28.5 Å². The van der Waals surface area contributed by atoms with Gasteiger partial charge < -0.3 is 19.5 Å². The number of nitrogens with zero attached hydrogens (tertiary/aromatic N) is 1. The smallest absolute Gasteiger partial charge is 0.161 e. The largest absolute Gasteiger partial charge is 0.497 e. The number of halogens is 1. The van der Waals surface area contributed by atoms with Crippen LogP contribution in [0.2, 0.25) is 0 Å². The van der Waals surface area contributed by atoms with Crippen molar-refractivity contribution in [1.29, 1.82) is 0 Å². The number of hydrogen-bond acceptors (Lipinski definition) is 5. The SMILES string of the molecule is COc1ccc2cc(CNCCc3ccccc3F)c(-c3ccc(OC)c(OC)c3)nc2c1. The number of fused-ring (bicyclic) bond motifs is 1. The molecule has 0 aliphatic heterocycles. The zero-order chi connectivity index (χ0) is 23.2. The number of hydrogen-bond donors (Lipinski definition) is 1. The zero-order valence-electron chi connectivity index (χ0n) is 19.0. The minimum Gasteiger partial charge on any atom is -0.497 e. The highest BCUT2D eigenvalue weighted by molar-refractivity contribution is 5.85. The summed E-state index contributed by atoms with van der Waals surface area (Å²) in [5.41, 5.74) is 4.34. The van der Waals surface area contributed by atoms with E-state index in [4.69, 9.17) is 19.2 Å². The van der Waals surface area contributed by atoms with Gasteiger partial charge in [0.15, 0.2) is 11.5 Å². The third-order valence-corrected chi connectivity index (χ3v) is 5.61. The minimum atomic E-state index is -0.174. The predicted octanol–water partition coefficient (Wildman–Crippen LogP) is 5.40. The Morgan fingerprint density at radius 3 is 2.39 bits per heavy atom. The van der Waals surface area contributed by atoms with Crippen molar-refractivity contribution < 1.29 is 18.6 Å². The number of pyridine rings is 1. The lowest BCUT2D eigenvalue weighted by Gasteiger charge is -2.15. The summed E-state index contributed by atoms with van der Waals surface area (Å²) in [5.74, 6) is 1.88. The van der Waals surface area contributed by atoms with E-state index in [9.17, 15) is 4.39 Å². The van der Waals surface area contributed by atoms with Crippen molar-refractivity contribution in [2.75, 3.05) is 27.9 Å². The van der Waals surface area contributed by atoms with Crippen LogP contribution in [0, 0.1) is 5.82 Å². The van der Waals surface area contributed by atoms with Gasteiger partial charge in [0.05, 0.1) is 32.5 Å². The van der Waals surface area contributed by atoms with Crippen molar-refractivity contribution in [1.82, 2.24) is 10.3 Å². The second-order valence-corrected chi connectivity index (χ2v) is 7.64. The number of benzene rings is 3. The molecule has 0 saturated heterocycles. The third kappa shape index (κ3) is 5.07. The third-order valence-electron chi connectivity index (χ3n) is 5.61. The maximum Gasteiger partial charge on any atom is 0.161 e. The maximum atomic E-state index is 13.9. The van der Waals surface area contributed by atoms with Crippen molar-refractivity contribution in [3.63, 3.8) is 0 Å². The van der Waals surface area contributed by atoms with Gasteiger partial charge in [0.25, 0.3) is 0 Å². The quantitative estimate of drug-likeness (QED) is 0.349. The van der Waals surface area contributed by atoms with E-state index >= 15 is 0 Å². The summed E-state index contributed by atoms with van der Waals surface area (Å²) in [6.07, 6.45) is 0.608. The van der Waals surface area contributed by atoms with Crippen LogP contribution >= 0.6 is 0 Å². The second-order valence-electron chi connectivity index (χ2n) is 7.64. The molecule has 4 rings (SSSR count). The van der Waals surface area contributed by atoms with E-state index in [1.807, 2.05) is 48.5 Å². The topological polar surface area (TPSA) is 52.6 Å². The molecule has 0 unspecified atom stereocenters. The lowest BCUT2D eigenvalue weighted by molar-refractivity contribution is 0.355. The first-order chi connectivity index (χ1) is 16.1. The molecule has 4 aromatic rings. The molecule has 1 N–H and O–H groups in total. The van der Waals surface area contributed by atoms with E-state index in [2.05, 4.69) is 11.4 Å². The van der Waals surface area contributed by atoms with Crippen LogP contribution in [0.3, 0.4) is 0 Å². The van der Waals surface area contributed by atoms with Gasteiger partial charge >= 0.3 is 0 Å². The molecule has 6 heteroatoms. The molecule has 0 aliphatic rings. The van der Waals surface area contributed by atoms with Crippen LogP contribution in [0.4, 0.5) is 4.39 Å². The normalized spacial score (nSPS) is 10.9. The molecule has 1 aromatic heterocycles. The van der Waals surface area contributed by atoms with E-state index in [0.29, 0.717) is 36.6 Å². The van der Waals surface area contributed by atoms with Gasteiger partial charge in [-0.15, -0.1) is 0 Å². The number of nitrogens with one attached hydrogen (secondary N) is 1. The molecule has 0 spiro atoms.